The summed E-state index contributed by atoms with van der Waals surface area (Å²) in [5, 5.41) is 1.22. The van der Waals surface area contributed by atoms with Gasteiger partial charge in [0.15, 0.2) is 0 Å². The van der Waals surface area contributed by atoms with Crippen molar-refractivity contribution in [2.75, 3.05) is 6.61 Å². The van der Waals surface area contributed by atoms with Crippen LogP contribution in [-0.2, 0) is 21.3 Å². The van der Waals surface area contributed by atoms with Crippen LogP contribution in [0, 0.1) is 0 Å². The Labute approximate surface area is 146 Å². The molecular formula is C19H29O2PS. The van der Waals surface area contributed by atoms with Crippen LogP contribution < -0.4 is 5.30 Å². The zero-order valence-electron chi connectivity index (χ0n) is 14.9. The third-order valence-electron chi connectivity index (χ3n) is 3.99. The first-order valence-electron chi connectivity index (χ1n) is 8.37. The Morgan fingerprint density at radius 2 is 1.83 bits per heavy atom. The number of carbonyl (C=O) groups is 1. The van der Waals surface area contributed by atoms with Gasteiger partial charge in [-0.15, -0.1) is 0 Å². The summed E-state index contributed by atoms with van der Waals surface area (Å²) in [6.07, 6.45) is 5.30. The predicted octanol–water partition coefficient (Wildman–Crippen LogP) is 4.96. The van der Waals surface area contributed by atoms with E-state index in [2.05, 4.69) is 40.7 Å². The van der Waals surface area contributed by atoms with Crippen molar-refractivity contribution in [1.82, 2.24) is 0 Å². The molecule has 0 N–H and O–H groups in total. The van der Waals surface area contributed by atoms with E-state index in [4.69, 9.17) is 16.5 Å². The maximum Gasteiger partial charge on any atom is 0.330 e. The number of esters is 1. The van der Waals surface area contributed by atoms with Crippen LogP contribution in [0.2, 0.25) is 0 Å². The summed E-state index contributed by atoms with van der Waals surface area (Å²) in [6, 6.07) is 6.49. The second-order valence-electron chi connectivity index (χ2n) is 6.31. The lowest BCUT2D eigenvalue weighted by Gasteiger charge is -2.32. The molecule has 0 heterocycles. The molecule has 2 nitrogen and oxygen atoms in total. The van der Waals surface area contributed by atoms with Crippen molar-refractivity contribution in [3.63, 3.8) is 0 Å². The fourth-order valence-corrected chi connectivity index (χ4v) is 6.30. The van der Waals surface area contributed by atoms with Crippen LogP contribution in [0.4, 0.5) is 0 Å². The fraction of sp³-hybridized carbons (Fsp3) is 0.526. The maximum atomic E-state index is 11.8. The first-order valence-corrected chi connectivity index (χ1v) is 11.3. The molecule has 0 unspecified atom stereocenters. The van der Waals surface area contributed by atoms with Gasteiger partial charge in [-0.2, -0.15) is 0 Å². The van der Waals surface area contributed by atoms with Crippen LogP contribution in [0.15, 0.2) is 30.3 Å². The van der Waals surface area contributed by atoms with Gasteiger partial charge in [0.2, 0.25) is 0 Å². The van der Waals surface area contributed by atoms with Gasteiger partial charge in [-0.25, -0.2) is 4.79 Å². The molecule has 0 spiro atoms. The summed E-state index contributed by atoms with van der Waals surface area (Å²) in [7, 11) is 0. The summed E-state index contributed by atoms with van der Waals surface area (Å²) >= 11 is 6.13. The molecule has 0 saturated heterocycles. The monoisotopic (exact) mass is 352 g/mol. The Morgan fingerprint density at radius 1 is 1.22 bits per heavy atom. The van der Waals surface area contributed by atoms with Gasteiger partial charge in [0.25, 0.3) is 0 Å². The summed E-state index contributed by atoms with van der Waals surface area (Å²) in [5.41, 5.74) is 1.91. The van der Waals surface area contributed by atoms with E-state index in [0.717, 1.165) is 18.4 Å². The zero-order valence-corrected chi connectivity index (χ0v) is 16.6. The van der Waals surface area contributed by atoms with E-state index >= 15 is 0 Å². The average molecular weight is 352 g/mol. The number of carbonyl (C=O) groups excluding carboxylic acids is 1. The van der Waals surface area contributed by atoms with E-state index < -0.39 is 6.04 Å². The Morgan fingerprint density at radius 3 is 2.39 bits per heavy atom. The zero-order chi connectivity index (χ0) is 17.5. The van der Waals surface area contributed by atoms with Crippen LogP contribution in [0.25, 0.3) is 6.08 Å². The van der Waals surface area contributed by atoms with Crippen molar-refractivity contribution < 1.29 is 9.53 Å². The smallest absolute Gasteiger partial charge is 0.330 e. The Kier molecular flexibility index (Phi) is 8.22. The lowest BCUT2D eigenvalue weighted by atomic mass is 10.2. The lowest BCUT2D eigenvalue weighted by Crippen LogP contribution is -2.21. The molecule has 0 saturated carbocycles. The number of benzene rings is 1. The van der Waals surface area contributed by atoms with E-state index in [-0.39, 0.29) is 5.97 Å². The molecule has 0 aliphatic carbocycles. The maximum absolute atomic E-state index is 11.8. The Bertz CT molecular complexity index is 579. The molecular weight excluding hydrogens is 323 g/mol. The van der Waals surface area contributed by atoms with Crippen LogP contribution in [0.3, 0.4) is 0 Å². The highest BCUT2D eigenvalue weighted by Gasteiger charge is 2.28. The molecule has 4 heteroatoms. The highest BCUT2D eigenvalue weighted by molar-refractivity contribution is 8.18. The fourth-order valence-electron chi connectivity index (χ4n) is 2.62. The highest BCUT2D eigenvalue weighted by Crippen LogP contribution is 2.54. The quantitative estimate of drug-likeness (QED) is 0.286. The highest BCUT2D eigenvalue weighted by atomic mass is 32.4. The minimum atomic E-state index is -1.71. The van der Waals surface area contributed by atoms with E-state index in [1.807, 2.05) is 24.3 Å². The van der Waals surface area contributed by atoms with Crippen molar-refractivity contribution in [1.29, 1.82) is 0 Å². The average Bonchev–Trinajstić information content (AvgIpc) is 2.52. The minimum Gasteiger partial charge on any atom is -0.463 e. The molecule has 0 radical (unpaired) electrons. The second kappa shape index (κ2) is 9.39. The molecule has 0 bridgehead atoms. The van der Waals surface area contributed by atoms with Crippen molar-refractivity contribution in [3.05, 3.63) is 35.9 Å². The summed E-state index contributed by atoms with van der Waals surface area (Å²) in [4.78, 5) is 11.8. The summed E-state index contributed by atoms with van der Waals surface area (Å²) < 4.78 is 5.18. The first-order chi connectivity index (χ1) is 10.8. The van der Waals surface area contributed by atoms with Crippen LogP contribution in [0.1, 0.15) is 53.0 Å². The third kappa shape index (κ3) is 5.29. The van der Waals surface area contributed by atoms with Crippen LogP contribution in [0.5, 0.6) is 0 Å². The van der Waals surface area contributed by atoms with Crippen molar-refractivity contribution in [2.24, 2.45) is 0 Å². The lowest BCUT2D eigenvalue weighted by molar-refractivity contribution is -0.137. The topological polar surface area (TPSA) is 26.3 Å². The van der Waals surface area contributed by atoms with Gasteiger partial charge in [-0.05, 0) is 40.7 Å². The molecule has 0 amide bonds. The standard InChI is InChI=1S/C19H29O2PS/c1-6-7-14-21-19(20)13-12-17-10-8-9-11-18(17)22(23,15(2)3)16(4)5/h8-13,15-16H,6-7,14H2,1-5H3/b13-12+. The summed E-state index contributed by atoms with van der Waals surface area (Å²) in [5.74, 6) is -0.282. The molecule has 1 rings (SSSR count). The molecule has 0 aliphatic rings. The molecule has 128 valence electrons. The van der Waals surface area contributed by atoms with Crippen molar-refractivity contribution in [2.45, 2.75) is 58.8 Å². The second-order valence-corrected chi connectivity index (χ2v) is 12.1. The largest absolute Gasteiger partial charge is 0.463 e. The third-order valence-corrected chi connectivity index (χ3v) is 11.3. The van der Waals surface area contributed by atoms with Gasteiger partial charge in [-0.1, -0.05) is 77.1 Å². The molecule has 23 heavy (non-hydrogen) atoms. The number of hydrogen-bond acceptors (Lipinski definition) is 3. The van der Waals surface area contributed by atoms with Gasteiger partial charge in [0.1, 0.15) is 0 Å². The molecule has 0 atom stereocenters. The Balaban J connectivity index is 3.07. The van der Waals surface area contributed by atoms with Gasteiger partial charge in [0.05, 0.1) is 6.61 Å². The summed E-state index contributed by atoms with van der Waals surface area (Å²) in [6.45, 7) is 11.4. The van der Waals surface area contributed by atoms with E-state index in [1.54, 1.807) is 0 Å². The number of ether oxygens (including phenoxy) is 1. The first kappa shape index (κ1) is 20.1. The molecule has 1 aromatic carbocycles. The number of rotatable bonds is 8. The molecule has 0 aromatic heterocycles. The SMILES string of the molecule is CCCCOC(=O)/C=C/c1ccccc1P(=S)(C(C)C)C(C)C. The van der Waals surface area contributed by atoms with Gasteiger partial charge < -0.3 is 4.74 Å². The molecule has 0 fully saturated rings. The van der Waals surface area contributed by atoms with Crippen LogP contribution >= 0.6 is 6.04 Å². The minimum absolute atomic E-state index is 0.282. The number of unbranched alkanes of at least 4 members (excludes halogenated alkanes) is 1. The molecule has 1 aromatic rings. The molecule has 0 aliphatic heterocycles. The van der Waals surface area contributed by atoms with Crippen molar-refractivity contribution >= 4 is 35.2 Å². The van der Waals surface area contributed by atoms with Gasteiger partial charge in [-0.3, -0.25) is 0 Å². The normalized spacial score (nSPS) is 12.3. The van der Waals surface area contributed by atoms with E-state index in [0.29, 0.717) is 17.9 Å². The van der Waals surface area contributed by atoms with E-state index in [9.17, 15) is 4.79 Å². The van der Waals surface area contributed by atoms with Gasteiger partial charge in [0, 0.05) is 6.08 Å². The van der Waals surface area contributed by atoms with Crippen molar-refractivity contribution in [3.8, 4) is 0 Å². The van der Waals surface area contributed by atoms with Crippen LogP contribution in [-0.4, -0.2) is 23.9 Å². The predicted molar refractivity (Wildman–Crippen MR) is 106 cm³/mol. The number of hydrogen-bond donors (Lipinski definition) is 0. The van der Waals surface area contributed by atoms with E-state index in [1.165, 1.54) is 11.4 Å². The Hall–Kier alpha value is -0.920. The van der Waals surface area contributed by atoms with Gasteiger partial charge >= 0.3 is 5.97 Å².